The van der Waals surface area contributed by atoms with E-state index in [0.717, 1.165) is 31.2 Å². The number of rotatable bonds is 3. The summed E-state index contributed by atoms with van der Waals surface area (Å²) in [4.78, 5) is 33.2. The SMILES string of the molecule is COc1cccc2c1N=CC1C(=O)N(c3cccc(Cl)c3)C(=O)[N+](C3CCCCC3)=C21. The maximum absolute atomic E-state index is 13.9. The van der Waals surface area contributed by atoms with E-state index in [2.05, 4.69) is 4.99 Å². The number of fused-ring (bicyclic) bond motifs is 3. The Bertz CT molecular complexity index is 1130. The van der Waals surface area contributed by atoms with E-state index in [1.807, 2.05) is 22.8 Å². The molecule has 0 aromatic heterocycles. The number of benzene rings is 2. The minimum atomic E-state index is -0.641. The van der Waals surface area contributed by atoms with Crippen molar-refractivity contribution in [2.24, 2.45) is 10.9 Å². The van der Waals surface area contributed by atoms with Crippen LogP contribution in [-0.2, 0) is 4.79 Å². The number of amides is 3. The quantitative estimate of drug-likeness (QED) is 0.637. The van der Waals surface area contributed by atoms with Crippen molar-refractivity contribution in [2.75, 3.05) is 12.0 Å². The topological polar surface area (TPSA) is 62.0 Å². The third kappa shape index (κ3) is 3.26. The van der Waals surface area contributed by atoms with E-state index in [1.54, 1.807) is 37.6 Å². The molecular weight excluding hydrogens is 414 g/mol. The molecule has 2 aliphatic heterocycles. The Morgan fingerprint density at radius 1 is 1.10 bits per heavy atom. The Hall–Kier alpha value is -2.99. The number of ether oxygens (including phenoxy) is 1. The maximum atomic E-state index is 13.9. The van der Waals surface area contributed by atoms with Crippen molar-refractivity contribution in [2.45, 2.75) is 38.1 Å². The van der Waals surface area contributed by atoms with Gasteiger partial charge in [0.15, 0.2) is 5.92 Å². The Kier molecular flexibility index (Phi) is 5.10. The molecule has 158 valence electrons. The first-order valence-corrected chi connectivity index (χ1v) is 11.0. The van der Waals surface area contributed by atoms with Crippen LogP contribution in [0.25, 0.3) is 0 Å². The molecule has 1 unspecified atom stereocenters. The van der Waals surface area contributed by atoms with Gasteiger partial charge in [-0.3, -0.25) is 4.99 Å². The molecular formula is C24H23ClN3O3+. The van der Waals surface area contributed by atoms with Crippen LogP contribution in [0.15, 0.2) is 47.5 Å². The molecule has 5 rings (SSSR count). The van der Waals surface area contributed by atoms with Crippen LogP contribution in [0.3, 0.4) is 0 Å². The molecule has 6 nitrogen and oxygen atoms in total. The minimum absolute atomic E-state index is 0.0408. The lowest BCUT2D eigenvalue weighted by atomic mass is 9.87. The van der Waals surface area contributed by atoms with Gasteiger partial charge in [-0.05, 0) is 49.9 Å². The molecule has 1 saturated carbocycles. The third-order valence-corrected chi connectivity index (χ3v) is 6.53. The van der Waals surface area contributed by atoms with Gasteiger partial charge in [0.2, 0.25) is 0 Å². The first-order valence-electron chi connectivity index (χ1n) is 10.6. The predicted molar refractivity (Wildman–Crippen MR) is 120 cm³/mol. The molecule has 7 heteroatoms. The van der Waals surface area contributed by atoms with E-state index in [0.29, 0.717) is 27.9 Å². The van der Waals surface area contributed by atoms with E-state index in [4.69, 9.17) is 16.3 Å². The number of nitrogens with zero attached hydrogens (tertiary/aromatic N) is 3. The molecule has 2 aromatic rings. The summed E-state index contributed by atoms with van der Waals surface area (Å²) in [5.74, 6) is -0.328. The summed E-state index contributed by atoms with van der Waals surface area (Å²) < 4.78 is 7.33. The molecule has 31 heavy (non-hydrogen) atoms. The fourth-order valence-corrected chi connectivity index (χ4v) is 5.05. The number of urea groups is 1. The van der Waals surface area contributed by atoms with Crippen molar-refractivity contribution in [1.29, 1.82) is 0 Å². The first-order chi connectivity index (χ1) is 15.1. The van der Waals surface area contributed by atoms with Crippen LogP contribution in [-0.4, -0.2) is 41.6 Å². The molecule has 3 amide bonds. The van der Waals surface area contributed by atoms with Gasteiger partial charge in [0.05, 0.1) is 7.11 Å². The predicted octanol–water partition coefficient (Wildman–Crippen LogP) is 4.98. The number of methoxy groups -OCH3 is 1. The fraction of sp³-hybridized carbons (Fsp3) is 0.333. The van der Waals surface area contributed by atoms with Gasteiger partial charge in [-0.2, -0.15) is 9.37 Å². The lowest BCUT2D eigenvalue weighted by Crippen LogP contribution is -2.59. The lowest BCUT2D eigenvalue weighted by Gasteiger charge is -2.33. The fourth-order valence-electron chi connectivity index (χ4n) is 4.86. The van der Waals surface area contributed by atoms with Crippen molar-refractivity contribution in [3.8, 4) is 5.75 Å². The summed E-state index contributed by atoms with van der Waals surface area (Å²) in [7, 11) is 1.60. The van der Waals surface area contributed by atoms with Gasteiger partial charge in [0.1, 0.15) is 28.9 Å². The Morgan fingerprint density at radius 2 is 1.87 bits per heavy atom. The van der Waals surface area contributed by atoms with Crippen LogP contribution in [0.5, 0.6) is 5.75 Å². The normalized spacial score (nSPS) is 21.2. The molecule has 0 bridgehead atoms. The first kappa shape index (κ1) is 19.9. The van der Waals surface area contributed by atoms with Crippen LogP contribution < -0.4 is 9.64 Å². The summed E-state index contributed by atoms with van der Waals surface area (Å²) >= 11 is 6.17. The minimum Gasteiger partial charge on any atom is -0.494 e. The second kappa shape index (κ2) is 7.93. The van der Waals surface area contributed by atoms with Gasteiger partial charge in [0, 0.05) is 22.9 Å². The number of imide groups is 1. The van der Waals surface area contributed by atoms with E-state index in [9.17, 15) is 9.59 Å². The van der Waals surface area contributed by atoms with Crippen molar-refractivity contribution >= 4 is 46.8 Å². The molecule has 1 atom stereocenters. The van der Waals surface area contributed by atoms with Crippen molar-refractivity contribution in [1.82, 2.24) is 0 Å². The number of aliphatic imine (C=N–C) groups is 1. The van der Waals surface area contributed by atoms with E-state index in [-0.39, 0.29) is 18.0 Å². The van der Waals surface area contributed by atoms with Gasteiger partial charge in [0.25, 0.3) is 0 Å². The molecule has 3 aliphatic rings. The second-order valence-electron chi connectivity index (χ2n) is 8.10. The molecule has 0 radical (unpaired) electrons. The summed E-state index contributed by atoms with van der Waals surface area (Å²) in [6.07, 6.45) is 6.77. The highest BCUT2D eigenvalue weighted by molar-refractivity contribution is 6.34. The molecule has 2 aromatic carbocycles. The smallest absolute Gasteiger partial charge is 0.494 e. The van der Waals surface area contributed by atoms with Gasteiger partial charge in [-0.15, -0.1) is 4.90 Å². The molecule has 0 saturated heterocycles. The largest absolute Gasteiger partial charge is 0.506 e. The van der Waals surface area contributed by atoms with Gasteiger partial charge in [-0.1, -0.05) is 30.2 Å². The number of anilines is 1. The number of carbonyl (C=O) groups is 2. The van der Waals surface area contributed by atoms with Crippen molar-refractivity contribution in [3.05, 3.63) is 53.1 Å². The van der Waals surface area contributed by atoms with Gasteiger partial charge in [-0.25, -0.2) is 4.79 Å². The Morgan fingerprint density at radius 3 is 2.61 bits per heavy atom. The number of para-hydroxylation sites is 1. The number of carbonyl (C=O) groups excluding carboxylic acids is 2. The molecule has 0 N–H and O–H groups in total. The number of hydrogen-bond acceptors (Lipinski definition) is 4. The third-order valence-electron chi connectivity index (χ3n) is 6.29. The Balaban J connectivity index is 1.74. The Labute approximate surface area is 185 Å². The van der Waals surface area contributed by atoms with E-state index in [1.165, 1.54) is 11.3 Å². The summed E-state index contributed by atoms with van der Waals surface area (Å²) in [5, 5.41) is 0.476. The highest BCUT2D eigenvalue weighted by atomic mass is 35.5. The van der Waals surface area contributed by atoms with Gasteiger partial charge < -0.3 is 4.74 Å². The summed E-state index contributed by atoms with van der Waals surface area (Å²) in [5.41, 5.74) is 2.63. The maximum Gasteiger partial charge on any atom is 0.506 e. The molecule has 2 heterocycles. The standard InChI is InChI=1S/C24H23ClN3O3/c1-31-20-12-6-11-18-21(20)26-14-19-22(18)27(16-8-3-2-4-9-16)24(30)28(23(19)29)17-10-5-7-15(25)13-17/h5-7,10-14,16,19H,2-4,8-9H2,1H3/q+1. The van der Waals surface area contributed by atoms with Gasteiger partial charge >= 0.3 is 11.9 Å². The van der Waals surface area contributed by atoms with Crippen molar-refractivity contribution < 1.29 is 18.9 Å². The average Bonchev–Trinajstić information content (AvgIpc) is 2.79. The zero-order chi connectivity index (χ0) is 21.5. The van der Waals surface area contributed by atoms with Crippen LogP contribution in [0, 0.1) is 5.92 Å². The molecule has 1 aliphatic carbocycles. The van der Waals surface area contributed by atoms with E-state index < -0.39 is 5.92 Å². The monoisotopic (exact) mass is 436 g/mol. The van der Waals surface area contributed by atoms with Crippen LogP contribution in [0.4, 0.5) is 16.2 Å². The molecule has 1 fully saturated rings. The highest BCUT2D eigenvalue weighted by Gasteiger charge is 2.52. The highest BCUT2D eigenvalue weighted by Crippen LogP contribution is 2.39. The second-order valence-corrected chi connectivity index (χ2v) is 8.53. The summed E-state index contributed by atoms with van der Waals surface area (Å²) in [6.45, 7) is 0. The number of hydrogen-bond donors (Lipinski definition) is 0. The summed E-state index contributed by atoms with van der Waals surface area (Å²) in [6, 6.07) is 12.2. The zero-order valence-electron chi connectivity index (χ0n) is 17.3. The molecule has 0 spiro atoms. The zero-order valence-corrected chi connectivity index (χ0v) is 18.0. The van der Waals surface area contributed by atoms with Crippen molar-refractivity contribution in [3.63, 3.8) is 0 Å². The van der Waals surface area contributed by atoms with Crippen LogP contribution in [0.1, 0.15) is 37.7 Å². The number of halogens is 1. The van der Waals surface area contributed by atoms with Crippen LogP contribution in [0.2, 0.25) is 5.02 Å². The average molecular weight is 437 g/mol. The van der Waals surface area contributed by atoms with E-state index >= 15 is 0 Å². The van der Waals surface area contributed by atoms with Crippen LogP contribution >= 0.6 is 11.6 Å². The lowest BCUT2D eigenvalue weighted by molar-refractivity contribution is -0.477.